The van der Waals surface area contributed by atoms with Crippen molar-refractivity contribution in [1.29, 1.82) is 0 Å². The van der Waals surface area contributed by atoms with Crippen LogP contribution < -0.4 is 4.90 Å². The fourth-order valence-electron chi connectivity index (χ4n) is 7.28. The highest BCUT2D eigenvalue weighted by Gasteiger charge is 2.20. The molecule has 9 rings (SSSR count). The molecule has 3 nitrogen and oxygen atoms in total. The maximum Gasteiger partial charge on any atom is 0.0542 e. The first-order chi connectivity index (χ1) is 22.3. The van der Waals surface area contributed by atoms with Gasteiger partial charge in [-0.05, 0) is 79.1 Å². The van der Waals surface area contributed by atoms with Gasteiger partial charge >= 0.3 is 0 Å². The molecule has 2 aliphatic rings. The van der Waals surface area contributed by atoms with E-state index in [1.807, 2.05) is 0 Å². The molecule has 3 heterocycles. The number of para-hydroxylation sites is 3. The molecule has 0 unspecified atom stereocenters. The first-order valence-corrected chi connectivity index (χ1v) is 15.6. The van der Waals surface area contributed by atoms with Gasteiger partial charge in [0.05, 0.1) is 22.2 Å². The van der Waals surface area contributed by atoms with Crippen molar-refractivity contribution in [2.45, 2.75) is 12.8 Å². The number of aromatic nitrogens is 2. The Kier molecular flexibility index (Phi) is 5.79. The smallest absolute Gasteiger partial charge is 0.0542 e. The fraction of sp³-hybridized carbons (Fsp3) is 0.0476. The van der Waals surface area contributed by atoms with E-state index in [0.717, 1.165) is 41.0 Å². The molecule has 3 heteroatoms. The maximum atomic E-state index is 4.32. The summed E-state index contributed by atoms with van der Waals surface area (Å²) in [5.74, 6) is 0. The summed E-state index contributed by atoms with van der Waals surface area (Å²) in [5.41, 5.74) is 13.1. The van der Waals surface area contributed by atoms with Crippen molar-refractivity contribution in [2.75, 3.05) is 4.90 Å². The predicted octanol–water partition coefficient (Wildman–Crippen LogP) is 10.9. The van der Waals surface area contributed by atoms with Crippen molar-refractivity contribution in [3.05, 3.63) is 169 Å². The largest absolute Gasteiger partial charge is 0.316 e. The number of hydrogen-bond donors (Lipinski definition) is 0. The first kappa shape index (κ1) is 25.7. The van der Waals surface area contributed by atoms with E-state index >= 15 is 0 Å². The maximum absolute atomic E-state index is 4.32. The van der Waals surface area contributed by atoms with Crippen molar-refractivity contribution in [3.63, 3.8) is 0 Å². The first-order valence-electron chi connectivity index (χ1n) is 15.6. The summed E-state index contributed by atoms with van der Waals surface area (Å²) in [6, 6.07) is 41.9. The van der Waals surface area contributed by atoms with Gasteiger partial charge in [-0.1, -0.05) is 91.5 Å². The average Bonchev–Trinajstić information content (AvgIpc) is 3.60. The van der Waals surface area contributed by atoms with Gasteiger partial charge in [-0.3, -0.25) is 0 Å². The van der Waals surface area contributed by atoms with E-state index in [2.05, 4.69) is 172 Å². The summed E-state index contributed by atoms with van der Waals surface area (Å²) < 4.78 is 4.89. The monoisotopic (exact) mass is 577 g/mol. The summed E-state index contributed by atoms with van der Waals surface area (Å²) in [4.78, 5) is 2.26. The lowest BCUT2D eigenvalue weighted by molar-refractivity contribution is 0.889. The molecule has 0 amide bonds. The fourth-order valence-corrected chi connectivity index (χ4v) is 7.28. The molecule has 5 aromatic carbocycles. The molecule has 0 spiro atoms. The lowest BCUT2D eigenvalue weighted by atomic mass is 10.0. The third-order valence-electron chi connectivity index (χ3n) is 9.28. The van der Waals surface area contributed by atoms with Crippen LogP contribution >= 0.6 is 0 Å². The number of hydrogen-bond acceptors (Lipinski definition) is 1. The average molecular weight is 578 g/mol. The second-order valence-corrected chi connectivity index (χ2v) is 11.8. The quantitative estimate of drug-likeness (QED) is 0.204. The van der Waals surface area contributed by atoms with Crippen LogP contribution in [0.25, 0.3) is 55.7 Å². The minimum Gasteiger partial charge on any atom is -0.316 e. The van der Waals surface area contributed by atoms with Crippen LogP contribution in [0.4, 0.5) is 11.4 Å². The van der Waals surface area contributed by atoms with Crippen LogP contribution in [-0.2, 0) is 6.42 Å². The number of benzene rings is 5. The van der Waals surface area contributed by atoms with Gasteiger partial charge in [0, 0.05) is 56.2 Å². The van der Waals surface area contributed by atoms with Gasteiger partial charge in [0.1, 0.15) is 0 Å². The Balaban J connectivity index is 1.24. The van der Waals surface area contributed by atoms with Gasteiger partial charge in [0.15, 0.2) is 0 Å². The summed E-state index contributed by atoms with van der Waals surface area (Å²) in [5, 5.41) is 3.83. The SMILES string of the molecule is C=C1/C=C\C=C/N(c2cccc(-n3c4ccccc4c4cc(-n5c6c(c7ccccc75)C=CCC6)ccc43)c2)c2ccccc21. The number of allylic oxidation sites excluding steroid dienone is 5. The standard InChI is InChI=1S/C42H31N3/c1-29-13-10-11-26-43(38-20-6-2-16-33(29)38)30-14-12-15-31(27-30)44-41-23-9-5-19-36(41)37-28-32(24-25-42(37)44)45-39-21-7-3-17-34(39)35-18-4-8-22-40(35)45/h2-7,9-21,23-28H,1,8,22H2/b13-10-,26-11-. The third kappa shape index (κ3) is 3.98. The normalized spacial score (nSPS) is 15.6. The second kappa shape index (κ2) is 10.1. The van der Waals surface area contributed by atoms with Gasteiger partial charge < -0.3 is 14.0 Å². The molecule has 0 saturated heterocycles. The Morgan fingerprint density at radius 1 is 0.556 bits per heavy atom. The van der Waals surface area contributed by atoms with Crippen molar-refractivity contribution in [2.24, 2.45) is 0 Å². The van der Waals surface area contributed by atoms with E-state index in [4.69, 9.17) is 0 Å². The predicted molar refractivity (Wildman–Crippen MR) is 191 cm³/mol. The summed E-state index contributed by atoms with van der Waals surface area (Å²) in [6.45, 7) is 4.32. The van der Waals surface area contributed by atoms with E-state index in [-0.39, 0.29) is 0 Å². The summed E-state index contributed by atoms with van der Waals surface area (Å²) >= 11 is 0. The Labute approximate surface area is 262 Å². The zero-order valence-corrected chi connectivity index (χ0v) is 24.9. The zero-order valence-electron chi connectivity index (χ0n) is 24.9. The van der Waals surface area contributed by atoms with E-state index in [1.165, 1.54) is 49.7 Å². The number of anilines is 2. The van der Waals surface area contributed by atoms with Crippen LogP contribution in [0.3, 0.4) is 0 Å². The van der Waals surface area contributed by atoms with Crippen LogP contribution in [0.1, 0.15) is 23.2 Å². The van der Waals surface area contributed by atoms with E-state index in [1.54, 1.807) is 0 Å². The Morgan fingerprint density at radius 3 is 2.20 bits per heavy atom. The van der Waals surface area contributed by atoms with Crippen molar-refractivity contribution < 1.29 is 0 Å². The van der Waals surface area contributed by atoms with Crippen molar-refractivity contribution in [1.82, 2.24) is 9.13 Å². The Bertz CT molecular complexity index is 2410. The Morgan fingerprint density at radius 2 is 1.29 bits per heavy atom. The molecule has 0 bridgehead atoms. The molecule has 0 fully saturated rings. The number of fused-ring (bicyclic) bond motifs is 7. The molecular formula is C42H31N3. The van der Waals surface area contributed by atoms with E-state index in [0.29, 0.717) is 0 Å². The van der Waals surface area contributed by atoms with E-state index < -0.39 is 0 Å². The van der Waals surface area contributed by atoms with Crippen LogP contribution in [0.15, 0.2) is 152 Å². The lowest BCUT2D eigenvalue weighted by Crippen LogP contribution is -2.11. The second-order valence-electron chi connectivity index (χ2n) is 11.8. The Hall–Kier alpha value is -5.80. The van der Waals surface area contributed by atoms with Gasteiger partial charge in [-0.25, -0.2) is 0 Å². The summed E-state index contributed by atoms with van der Waals surface area (Å²) in [6.07, 6.45) is 15.1. The highest BCUT2D eigenvalue weighted by molar-refractivity contribution is 6.10. The molecule has 1 aliphatic heterocycles. The number of rotatable bonds is 3. The van der Waals surface area contributed by atoms with Crippen LogP contribution in [0.5, 0.6) is 0 Å². The van der Waals surface area contributed by atoms with Gasteiger partial charge in [-0.15, -0.1) is 0 Å². The van der Waals surface area contributed by atoms with Crippen LogP contribution in [0, 0.1) is 0 Å². The highest BCUT2D eigenvalue weighted by atomic mass is 15.1. The molecule has 2 aromatic heterocycles. The minimum atomic E-state index is 1.00. The van der Waals surface area contributed by atoms with Gasteiger partial charge in [0.2, 0.25) is 0 Å². The van der Waals surface area contributed by atoms with Gasteiger partial charge in [0.25, 0.3) is 0 Å². The zero-order chi connectivity index (χ0) is 29.9. The van der Waals surface area contributed by atoms with Crippen LogP contribution in [-0.4, -0.2) is 9.13 Å². The molecule has 0 atom stereocenters. The van der Waals surface area contributed by atoms with Gasteiger partial charge in [-0.2, -0.15) is 0 Å². The molecule has 0 saturated carbocycles. The topological polar surface area (TPSA) is 13.1 Å². The summed E-state index contributed by atoms with van der Waals surface area (Å²) in [7, 11) is 0. The molecule has 0 N–H and O–H groups in total. The van der Waals surface area contributed by atoms with Crippen molar-refractivity contribution in [3.8, 4) is 11.4 Å². The van der Waals surface area contributed by atoms with Crippen molar-refractivity contribution >= 4 is 55.7 Å². The third-order valence-corrected chi connectivity index (χ3v) is 9.28. The molecule has 7 aromatic rings. The molecular weight excluding hydrogens is 546 g/mol. The molecule has 45 heavy (non-hydrogen) atoms. The molecule has 214 valence electrons. The van der Waals surface area contributed by atoms with Crippen LogP contribution in [0.2, 0.25) is 0 Å². The lowest BCUT2D eigenvalue weighted by Gasteiger charge is -2.25. The highest BCUT2D eigenvalue weighted by Crippen LogP contribution is 2.39. The minimum absolute atomic E-state index is 1.00. The molecule has 0 radical (unpaired) electrons. The van der Waals surface area contributed by atoms with E-state index in [9.17, 15) is 0 Å². The molecule has 1 aliphatic carbocycles. The number of nitrogens with zero attached hydrogens (tertiary/aromatic N) is 3.